The molecule has 1 saturated heterocycles. The highest BCUT2D eigenvalue weighted by Gasteiger charge is 2.53. The van der Waals surface area contributed by atoms with Crippen LogP contribution in [-0.4, -0.2) is 23.6 Å². The highest BCUT2D eigenvalue weighted by Crippen LogP contribution is 2.46. The van der Waals surface area contributed by atoms with Crippen molar-refractivity contribution >= 4 is 5.91 Å². The quantitative estimate of drug-likeness (QED) is 0.863. The molecule has 1 fully saturated rings. The maximum Gasteiger partial charge on any atom is 0.221 e. The summed E-state index contributed by atoms with van der Waals surface area (Å²) in [4.78, 5) is 14.0. The van der Waals surface area contributed by atoms with Crippen LogP contribution >= 0.6 is 0 Å². The minimum atomic E-state index is -0.623. The molecule has 2 aromatic rings. The molecule has 3 rings (SSSR count). The third kappa shape index (κ3) is 2.55. The molecule has 23 heavy (non-hydrogen) atoms. The van der Waals surface area contributed by atoms with Crippen LogP contribution in [-0.2, 0) is 15.1 Å². The SMILES string of the molecule is CC(=O)N1COC(c2ccccc2)(c2ccccc2)[C@H]1C(C)C. The second kappa shape index (κ2) is 6.17. The molecule has 1 heterocycles. The molecule has 2 aromatic carbocycles. The zero-order valence-electron chi connectivity index (χ0n) is 13.9. The highest BCUT2D eigenvalue weighted by molar-refractivity contribution is 5.74. The zero-order chi connectivity index (χ0) is 16.4. The summed E-state index contributed by atoms with van der Waals surface area (Å²) >= 11 is 0. The normalized spacial score (nSPS) is 20.0. The van der Waals surface area contributed by atoms with Crippen molar-refractivity contribution in [3.8, 4) is 0 Å². The number of nitrogens with zero attached hydrogens (tertiary/aromatic N) is 1. The first-order valence-electron chi connectivity index (χ1n) is 8.09. The fraction of sp³-hybridized carbons (Fsp3) is 0.350. The molecule has 3 nitrogen and oxygen atoms in total. The van der Waals surface area contributed by atoms with Gasteiger partial charge in [-0.05, 0) is 17.0 Å². The van der Waals surface area contributed by atoms with Crippen molar-refractivity contribution < 1.29 is 9.53 Å². The van der Waals surface area contributed by atoms with Gasteiger partial charge < -0.3 is 9.64 Å². The molecule has 0 radical (unpaired) electrons. The molecule has 120 valence electrons. The van der Waals surface area contributed by atoms with Crippen LogP contribution in [0, 0.1) is 5.92 Å². The summed E-state index contributed by atoms with van der Waals surface area (Å²) in [6.07, 6.45) is 0. The van der Waals surface area contributed by atoms with Gasteiger partial charge >= 0.3 is 0 Å². The average molecular weight is 309 g/mol. The molecule has 1 atom stereocenters. The number of ether oxygens (including phenoxy) is 1. The highest BCUT2D eigenvalue weighted by atomic mass is 16.5. The first kappa shape index (κ1) is 15.8. The van der Waals surface area contributed by atoms with E-state index in [1.807, 2.05) is 41.3 Å². The van der Waals surface area contributed by atoms with E-state index in [0.717, 1.165) is 11.1 Å². The monoisotopic (exact) mass is 309 g/mol. The van der Waals surface area contributed by atoms with Gasteiger partial charge in [0.1, 0.15) is 12.3 Å². The van der Waals surface area contributed by atoms with Gasteiger partial charge in [0.05, 0.1) is 6.04 Å². The van der Waals surface area contributed by atoms with Crippen molar-refractivity contribution in [1.82, 2.24) is 4.90 Å². The molecular weight excluding hydrogens is 286 g/mol. The molecule has 0 saturated carbocycles. The lowest BCUT2D eigenvalue weighted by molar-refractivity contribution is -0.131. The topological polar surface area (TPSA) is 29.5 Å². The molecule has 0 spiro atoms. The van der Waals surface area contributed by atoms with Crippen LogP contribution in [0.1, 0.15) is 31.9 Å². The second-order valence-electron chi connectivity index (χ2n) is 6.42. The summed E-state index contributed by atoms with van der Waals surface area (Å²) in [5.74, 6) is 0.319. The van der Waals surface area contributed by atoms with E-state index in [4.69, 9.17) is 4.74 Å². The number of carbonyl (C=O) groups excluding carboxylic acids is 1. The van der Waals surface area contributed by atoms with Crippen LogP contribution in [0.15, 0.2) is 60.7 Å². The van der Waals surface area contributed by atoms with E-state index in [0.29, 0.717) is 6.73 Å². The van der Waals surface area contributed by atoms with Gasteiger partial charge in [-0.25, -0.2) is 0 Å². The third-order valence-corrected chi connectivity index (χ3v) is 4.62. The van der Waals surface area contributed by atoms with Gasteiger partial charge in [-0.15, -0.1) is 0 Å². The van der Waals surface area contributed by atoms with Crippen molar-refractivity contribution in [2.75, 3.05) is 6.73 Å². The Morgan fingerprint density at radius 2 is 1.52 bits per heavy atom. The lowest BCUT2D eigenvalue weighted by atomic mass is 9.76. The van der Waals surface area contributed by atoms with Crippen LogP contribution in [0.25, 0.3) is 0 Å². The molecule has 0 aromatic heterocycles. The van der Waals surface area contributed by atoms with Crippen molar-refractivity contribution in [3.63, 3.8) is 0 Å². The Hall–Kier alpha value is -2.13. The number of benzene rings is 2. The Morgan fingerprint density at radius 1 is 1.04 bits per heavy atom. The van der Waals surface area contributed by atoms with Crippen LogP contribution in [0.2, 0.25) is 0 Å². The standard InChI is InChI=1S/C20H23NO2/c1-15(2)19-20(17-10-6-4-7-11-17,18-12-8-5-9-13-18)23-14-21(19)16(3)22/h4-13,15,19H,14H2,1-3H3/t19-/m1/s1. The molecule has 0 bridgehead atoms. The predicted molar refractivity (Wildman–Crippen MR) is 90.8 cm³/mol. The van der Waals surface area contributed by atoms with Crippen molar-refractivity contribution in [2.24, 2.45) is 5.92 Å². The first-order chi connectivity index (χ1) is 11.1. The number of rotatable bonds is 3. The van der Waals surface area contributed by atoms with Gasteiger partial charge in [0, 0.05) is 6.92 Å². The molecule has 1 aliphatic heterocycles. The summed E-state index contributed by atoms with van der Waals surface area (Å²) in [5.41, 5.74) is 1.56. The number of amides is 1. The average Bonchev–Trinajstić information content (AvgIpc) is 2.98. The molecule has 0 N–H and O–H groups in total. The summed E-state index contributed by atoms with van der Waals surface area (Å²) in [7, 11) is 0. The molecule has 3 heteroatoms. The van der Waals surface area contributed by atoms with Crippen LogP contribution in [0.4, 0.5) is 0 Å². The smallest absolute Gasteiger partial charge is 0.221 e. The van der Waals surface area contributed by atoms with Gasteiger partial charge in [0.2, 0.25) is 5.91 Å². The van der Waals surface area contributed by atoms with Crippen LogP contribution in [0.3, 0.4) is 0 Å². The Kier molecular flexibility index (Phi) is 4.22. The molecule has 0 aliphatic carbocycles. The van der Waals surface area contributed by atoms with E-state index in [2.05, 4.69) is 38.1 Å². The Labute approximate surface area is 137 Å². The fourth-order valence-corrected chi connectivity index (χ4v) is 3.72. The van der Waals surface area contributed by atoms with E-state index in [-0.39, 0.29) is 17.9 Å². The third-order valence-electron chi connectivity index (χ3n) is 4.62. The molecule has 0 unspecified atom stereocenters. The van der Waals surface area contributed by atoms with E-state index < -0.39 is 5.60 Å². The summed E-state index contributed by atoms with van der Waals surface area (Å²) in [6, 6.07) is 20.4. The minimum absolute atomic E-state index is 0.0372. The lowest BCUT2D eigenvalue weighted by Gasteiger charge is -2.39. The molecular formula is C20H23NO2. The minimum Gasteiger partial charge on any atom is -0.343 e. The van der Waals surface area contributed by atoms with E-state index >= 15 is 0 Å². The van der Waals surface area contributed by atoms with E-state index in [9.17, 15) is 4.79 Å². The number of carbonyl (C=O) groups is 1. The van der Waals surface area contributed by atoms with Crippen molar-refractivity contribution in [1.29, 1.82) is 0 Å². The Bertz CT molecular complexity index is 627. The Balaban J connectivity index is 2.23. The van der Waals surface area contributed by atoms with E-state index in [1.54, 1.807) is 6.92 Å². The van der Waals surface area contributed by atoms with Crippen LogP contribution < -0.4 is 0 Å². The summed E-state index contributed by atoms with van der Waals surface area (Å²) in [5, 5.41) is 0. The van der Waals surface area contributed by atoms with Gasteiger partial charge in [-0.1, -0.05) is 74.5 Å². The second-order valence-corrected chi connectivity index (χ2v) is 6.42. The predicted octanol–water partition coefficient (Wildman–Crippen LogP) is 3.79. The Morgan fingerprint density at radius 3 is 1.91 bits per heavy atom. The maximum absolute atomic E-state index is 12.2. The molecule has 1 amide bonds. The van der Waals surface area contributed by atoms with E-state index in [1.165, 1.54) is 0 Å². The van der Waals surface area contributed by atoms with Crippen molar-refractivity contribution in [2.45, 2.75) is 32.4 Å². The molecule has 1 aliphatic rings. The lowest BCUT2D eigenvalue weighted by Crippen LogP contribution is -2.48. The maximum atomic E-state index is 12.2. The first-order valence-corrected chi connectivity index (χ1v) is 8.09. The van der Waals surface area contributed by atoms with Gasteiger partial charge in [0.25, 0.3) is 0 Å². The summed E-state index contributed by atoms with van der Waals surface area (Å²) < 4.78 is 6.37. The summed E-state index contributed by atoms with van der Waals surface area (Å²) in [6.45, 7) is 6.23. The van der Waals surface area contributed by atoms with Gasteiger partial charge in [0.15, 0.2) is 0 Å². The van der Waals surface area contributed by atoms with Crippen molar-refractivity contribution in [3.05, 3.63) is 71.8 Å². The number of hydrogen-bond donors (Lipinski definition) is 0. The van der Waals surface area contributed by atoms with Crippen LogP contribution in [0.5, 0.6) is 0 Å². The number of hydrogen-bond acceptors (Lipinski definition) is 2. The van der Waals surface area contributed by atoms with Gasteiger partial charge in [-0.3, -0.25) is 4.79 Å². The zero-order valence-corrected chi connectivity index (χ0v) is 13.9. The fourth-order valence-electron chi connectivity index (χ4n) is 3.72. The largest absolute Gasteiger partial charge is 0.343 e. The van der Waals surface area contributed by atoms with Gasteiger partial charge in [-0.2, -0.15) is 0 Å².